The average Bonchev–Trinajstić information content (AvgIpc) is 2.82. The van der Waals surface area contributed by atoms with Crippen molar-refractivity contribution in [2.45, 2.75) is 6.92 Å². The molecule has 94 valence electrons. The maximum atomic E-state index is 11.1. The number of fused-ring (bicyclic) bond motifs is 1. The molecule has 0 saturated carbocycles. The van der Waals surface area contributed by atoms with E-state index in [0.29, 0.717) is 17.0 Å². The Morgan fingerprint density at radius 3 is 2.58 bits per heavy atom. The van der Waals surface area contributed by atoms with Gasteiger partial charge in [-0.05, 0) is 31.2 Å². The molecule has 0 fully saturated rings. The predicted octanol–water partition coefficient (Wildman–Crippen LogP) is 3.50. The van der Waals surface area contributed by atoms with E-state index in [0.717, 1.165) is 11.1 Å². The van der Waals surface area contributed by atoms with Crippen LogP contribution in [0, 0.1) is 6.92 Å². The minimum atomic E-state index is -1.02. The molecule has 0 amide bonds. The number of carboxylic acids is 1. The Kier molecular flexibility index (Phi) is 2.56. The minimum Gasteiger partial charge on any atom is -0.478 e. The molecule has 0 aliphatic rings. The maximum absolute atomic E-state index is 11.1. The van der Waals surface area contributed by atoms with E-state index in [4.69, 9.17) is 9.52 Å². The zero-order valence-corrected chi connectivity index (χ0v) is 10.3. The minimum absolute atomic E-state index is 0.128. The van der Waals surface area contributed by atoms with Crippen LogP contribution in [-0.4, -0.2) is 16.1 Å². The third-order valence-corrected chi connectivity index (χ3v) is 2.94. The van der Waals surface area contributed by atoms with E-state index >= 15 is 0 Å². The van der Waals surface area contributed by atoms with Crippen LogP contribution in [0.15, 0.2) is 46.9 Å². The molecule has 4 heteroatoms. The molecule has 1 heterocycles. The van der Waals surface area contributed by atoms with Crippen molar-refractivity contribution >= 4 is 17.1 Å². The third-order valence-electron chi connectivity index (χ3n) is 2.94. The Hall–Kier alpha value is -2.62. The highest BCUT2D eigenvalue weighted by molar-refractivity contribution is 6.00. The summed E-state index contributed by atoms with van der Waals surface area (Å²) in [6.07, 6.45) is 0. The van der Waals surface area contributed by atoms with Gasteiger partial charge in [0, 0.05) is 5.56 Å². The van der Waals surface area contributed by atoms with Crippen molar-refractivity contribution in [3.8, 4) is 11.5 Å². The molecule has 0 bridgehead atoms. The molecule has 0 saturated heterocycles. The second-order valence-corrected chi connectivity index (χ2v) is 4.34. The van der Waals surface area contributed by atoms with E-state index in [1.54, 1.807) is 12.1 Å². The summed E-state index contributed by atoms with van der Waals surface area (Å²) >= 11 is 0. The molecule has 0 aliphatic heterocycles. The molecular weight excluding hydrogens is 242 g/mol. The predicted molar refractivity (Wildman–Crippen MR) is 71.1 cm³/mol. The van der Waals surface area contributed by atoms with E-state index in [1.165, 1.54) is 6.07 Å². The lowest BCUT2D eigenvalue weighted by Crippen LogP contribution is -1.95. The quantitative estimate of drug-likeness (QED) is 0.759. The molecule has 3 aromatic rings. The van der Waals surface area contributed by atoms with E-state index in [1.807, 2.05) is 31.2 Å². The van der Waals surface area contributed by atoms with Gasteiger partial charge in [0.1, 0.15) is 11.1 Å². The number of rotatable bonds is 2. The van der Waals surface area contributed by atoms with Crippen molar-refractivity contribution in [2.24, 2.45) is 0 Å². The molecule has 1 N–H and O–H groups in total. The first-order valence-electron chi connectivity index (χ1n) is 5.85. The Bertz CT molecular complexity index is 757. The van der Waals surface area contributed by atoms with Gasteiger partial charge in [-0.25, -0.2) is 9.78 Å². The number of aromatic carboxylic acids is 1. The highest BCUT2D eigenvalue weighted by Crippen LogP contribution is 2.26. The Morgan fingerprint density at radius 2 is 1.89 bits per heavy atom. The van der Waals surface area contributed by atoms with E-state index < -0.39 is 5.97 Å². The fraction of sp³-hybridized carbons (Fsp3) is 0.0667. The van der Waals surface area contributed by atoms with E-state index in [9.17, 15) is 4.79 Å². The van der Waals surface area contributed by atoms with Crippen LogP contribution in [0.5, 0.6) is 0 Å². The molecule has 0 spiro atoms. The van der Waals surface area contributed by atoms with Crippen molar-refractivity contribution in [3.63, 3.8) is 0 Å². The summed E-state index contributed by atoms with van der Waals surface area (Å²) < 4.78 is 5.59. The number of para-hydroxylation sites is 1. The van der Waals surface area contributed by atoms with Gasteiger partial charge in [-0.1, -0.05) is 23.8 Å². The molecule has 0 unspecified atom stereocenters. The second-order valence-electron chi connectivity index (χ2n) is 4.34. The topological polar surface area (TPSA) is 63.3 Å². The van der Waals surface area contributed by atoms with Gasteiger partial charge in [0.05, 0.1) is 0 Å². The highest BCUT2D eigenvalue weighted by Gasteiger charge is 2.15. The van der Waals surface area contributed by atoms with Crippen LogP contribution < -0.4 is 0 Å². The number of carbonyl (C=O) groups is 1. The van der Waals surface area contributed by atoms with Gasteiger partial charge in [0.2, 0.25) is 5.89 Å². The number of hydrogen-bond acceptors (Lipinski definition) is 3. The number of benzene rings is 2. The number of nitrogens with zero attached hydrogens (tertiary/aromatic N) is 1. The largest absolute Gasteiger partial charge is 0.478 e. The normalized spacial score (nSPS) is 10.8. The molecule has 2 aromatic carbocycles. The van der Waals surface area contributed by atoms with Gasteiger partial charge >= 0.3 is 5.97 Å². The Balaban J connectivity index is 2.19. The van der Waals surface area contributed by atoms with Gasteiger partial charge in [0.25, 0.3) is 0 Å². The van der Waals surface area contributed by atoms with Crippen LogP contribution >= 0.6 is 0 Å². The molecule has 3 rings (SSSR count). The standard InChI is InChI=1S/C15H11NO3/c1-9-5-7-10(8-6-9)14-16-12-4-2-3-11(15(17)18)13(12)19-14/h2-8H,1H3,(H,17,18). The van der Waals surface area contributed by atoms with Crippen molar-refractivity contribution in [3.05, 3.63) is 53.6 Å². The van der Waals surface area contributed by atoms with E-state index in [-0.39, 0.29) is 5.56 Å². The summed E-state index contributed by atoms with van der Waals surface area (Å²) in [5.74, 6) is -0.582. The smallest absolute Gasteiger partial charge is 0.339 e. The summed E-state index contributed by atoms with van der Waals surface area (Å²) in [4.78, 5) is 15.4. The molecule has 0 atom stereocenters. The van der Waals surface area contributed by atoms with Gasteiger partial charge in [0.15, 0.2) is 5.58 Å². The first kappa shape index (κ1) is 11.5. The summed E-state index contributed by atoms with van der Waals surface area (Å²) in [5, 5.41) is 9.11. The lowest BCUT2D eigenvalue weighted by Gasteiger charge is -1.95. The molecular formula is C15H11NO3. The van der Waals surface area contributed by atoms with Gasteiger partial charge in [-0.15, -0.1) is 0 Å². The number of carboxylic acid groups (broad SMARTS) is 1. The van der Waals surface area contributed by atoms with Crippen LogP contribution in [0.25, 0.3) is 22.6 Å². The molecule has 1 aromatic heterocycles. The third kappa shape index (κ3) is 1.97. The van der Waals surface area contributed by atoms with Gasteiger partial charge in [-0.3, -0.25) is 0 Å². The molecule has 0 aliphatic carbocycles. The molecule has 4 nitrogen and oxygen atoms in total. The number of aromatic nitrogens is 1. The average molecular weight is 253 g/mol. The highest BCUT2D eigenvalue weighted by atomic mass is 16.4. The summed E-state index contributed by atoms with van der Waals surface area (Å²) in [5.41, 5.74) is 2.97. The lowest BCUT2D eigenvalue weighted by molar-refractivity contribution is 0.0698. The van der Waals surface area contributed by atoms with Gasteiger partial charge < -0.3 is 9.52 Å². The second kappa shape index (κ2) is 4.24. The maximum Gasteiger partial charge on any atom is 0.339 e. The first-order chi connectivity index (χ1) is 9.15. The van der Waals surface area contributed by atoms with Crippen molar-refractivity contribution in [2.75, 3.05) is 0 Å². The fourth-order valence-corrected chi connectivity index (χ4v) is 1.94. The molecule has 19 heavy (non-hydrogen) atoms. The van der Waals surface area contributed by atoms with Crippen LogP contribution in [0.4, 0.5) is 0 Å². The number of aryl methyl sites for hydroxylation is 1. The Morgan fingerprint density at radius 1 is 1.16 bits per heavy atom. The SMILES string of the molecule is Cc1ccc(-c2nc3cccc(C(=O)O)c3o2)cc1. The number of oxazole rings is 1. The first-order valence-corrected chi connectivity index (χ1v) is 5.85. The summed E-state index contributed by atoms with van der Waals surface area (Å²) in [6.45, 7) is 2.00. The van der Waals surface area contributed by atoms with E-state index in [2.05, 4.69) is 4.98 Å². The zero-order valence-electron chi connectivity index (χ0n) is 10.3. The lowest BCUT2D eigenvalue weighted by atomic mass is 10.1. The fourth-order valence-electron chi connectivity index (χ4n) is 1.94. The van der Waals surface area contributed by atoms with Crippen molar-refractivity contribution in [1.82, 2.24) is 4.98 Å². The van der Waals surface area contributed by atoms with Crippen molar-refractivity contribution in [1.29, 1.82) is 0 Å². The Labute approximate surface area is 109 Å². The van der Waals surface area contributed by atoms with Crippen LogP contribution in [0.1, 0.15) is 15.9 Å². The number of hydrogen-bond donors (Lipinski definition) is 1. The van der Waals surface area contributed by atoms with Crippen LogP contribution in [0.3, 0.4) is 0 Å². The zero-order chi connectivity index (χ0) is 13.4. The van der Waals surface area contributed by atoms with Crippen molar-refractivity contribution < 1.29 is 14.3 Å². The molecule has 0 radical (unpaired) electrons. The van der Waals surface area contributed by atoms with Gasteiger partial charge in [-0.2, -0.15) is 0 Å². The summed E-state index contributed by atoms with van der Waals surface area (Å²) in [7, 11) is 0. The van der Waals surface area contributed by atoms with Crippen LogP contribution in [0.2, 0.25) is 0 Å². The van der Waals surface area contributed by atoms with Crippen LogP contribution in [-0.2, 0) is 0 Å². The monoisotopic (exact) mass is 253 g/mol. The summed E-state index contributed by atoms with van der Waals surface area (Å²) in [6, 6.07) is 12.6.